The van der Waals surface area contributed by atoms with Crippen molar-refractivity contribution >= 4 is 0 Å². The summed E-state index contributed by atoms with van der Waals surface area (Å²) in [5, 5.41) is 0. The van der Waals surface area contributed by atoms with Gasteiger partial charge < -0.3 is 9.47 Å². The second-order valence-corrected chi connectivity index (χ2v) is 4.36. The van der Waals surface area contributed by atoms with Gasteiger partial charge in [0.25, 0.3) is 0 Å². The van der Waals surface area contributed by atoms with E-state index in [1.807, 2.05) is 0 Å². The van der Waals surface area contributed by atoms with E-state index in [2.05, 4.69) is 0 Å². The molecule has 0 aliphatic heterocycles. The maximum absolute atomic E-state index is 5.31. The molecule has 0 spiro atoms. The second kappa shape index (κ2) is 4.97. The molecule has 2 heteroatoms. The van der Waals surface area contributed by atoms with E-state index in [1.54, 1.807) is 6.79 Å². The van der Waals surface area contributed by atoms with Crippen LogP contribution in [0, 0.1) is 18.6 Å². The Kier molecular flexibility index (Phi) is 3.62. The molecule has 0 bridgehead atoms. The first kappa shape index (κ1) is 9.47. The van der Waals surface area contributed by atoms with Crippen molar-refractivity contribution in [3.63, 3.8) is 0 Å². The van der Waals surface area contributed by atoms with Crippen LogP contribution in [0.15, 0.2) is 0 Å². The molecule has 2 aliphatic rings. The van der Waals surface area contributed by atoms with Crippen molar-refractivity contribution in [3.05, 3.63) is 6.79 Å². The molecule has 13 heavy (non-hydrogen) atoms. The minimum Gasteiger partial charge on any atom is -0.348 e. The van der Waals surface area contributed by atoms with Crippen molar-refractivity contribution in [2.75, 3.05) is 13.2 Å². The third-order valence-electron chi connectivity index (χ3n) is 3.25. The Morgan fingerprint density at radius 1 is 0.846 bits per heavy atom. The molecule has 0 aromatic carbocycles. The Morgan fingerprint density at radius 3 is 1.62 bits per heavy atom. The highest BCUT2D eigenvalue weighted by Crippen LogP contribution is 2.27. The van der Waals surface area contributed by atoms with E-state index in [0.717, 1.165) is 25.0 Å². The van der Waals surface area contributed by atoms with Crippen molar-refractivity contribution in [3.8, 4) is 0 Å². The standard InChI is InChI=1S/C11H19O2/c1-3-10(4-1)7-12-9-13-8-11-5-2-6-11/h9-11H,1-8H2. The zero-order chi connectivity index (χ0) is 8.93. The SMILES string of the molecule is [CH](OCC1CCC1)OCC1CCC1. The fraction of sp³-hybridized carbons (Fsp3) is 0.909. The fourth-order valence-corrected chi connectivity index (χ4v) is 1.72. The van der Waals surface area contributed by atoms with E-state index in [-0.39, 0.29) is 0 Å². The van der Waals surface area contributed by atoms with Gasteiger partial charge in [0.2, 0.25) is 6.79 Å². The van der Waals surface area contributed by atoms with Crippen LogP contribution in [0.5, 0.6) is 0 Å². The highest BCUT2D eigenvalue weighted by Gasteiger charge is 2.18. The molecule has 2 aliphatic carbocycles. The lowest BCUT2D eigenvalue weighted by atomic mass is 9.86. The molecule has 0 aromatic rings. The molecule has 0 amide bonds. The van der Waals surface area contributed by atoms with E-state index in [1.165, 1.54) is 38.5 Å². The summed E-state index contributed by atoms with van der Waals surface area (Å²) in [5.41, 5.74) is 0. The van der Waals surface area contributed by atoms with Crippen molar-refractivity contribution in [2.45, 2.75) is 38.5 Å². The predicted octanol–water partition coefficient (Wildman–Crippen LogP) is 2.74. The van der Waals surface area contributed by atoms with Crippen LogP contribution in [0.1, 0.15) is 38.5 Å². The molecule has 0 N–H and O–H groups in total. The lowest BCUT2D eigenvalue weighted by molar-refractivity contribution is -0.0234. The average molecular weight is 183 g/mol. The van der Waals surface area contributed by atoms with Crippen molar-refractivity contribution in [1.82, 2.24) is 0 Å². The normalized spacial score (nSPS) is 24.0. The molecule has 0 aromatic heterocycles. The van der Waals surface area contributed by atoms with Gasteiger partial charge in [-0.1, -0.05) is 12.8 Å². The highest BCUT2D eigenvalue weighted by molar-refractivity contribution is 4.69. The predicted molar refractivity (Wildman–Crippen MR) is 50.9 cm³/mol. The van der Waals surface area contributed by atoms with Crippen LogP contribution in [-0.4, -0.2) is 13.2 Å². The fourth-order valence-electron chi connectivity index (χ4n) is 1.72. The topological polar surface area (TPSA) is 18.5 Å². The van der Waals surface area contributed by atoms with Crippen molar-refractivity contribution in [2.24, 2.45) is 11.8 Å². The van der Waals surface area contributed by atoms with E-state index < -0.39 is 0 Å². The molecular formula is C11H19O2. The second-order valence-electron chi connectivity index (χ2n) is 4.36. The van der Waals surface area contributed by atoms with E-state index in [9.17, 15) is 0 Å². The van der Waals surface area contributed by atoms with E-state index in [4.69, 9.17) is 9.47 Å². The molecule has 0 saturated heterocycles. The zero-order valence-corrected chi connectivity index (χ0v) is 8.21. The van der Waals surface area contributed by atoms with Gasteiger partial charge in [0.15, 0.2) is 0 Å². The maximum Gasteiger partial charge on any atom is 0.209 e. The smallest absolute Gasteiger partial charge is 0.209 e. The van der Waals surface area contributed by atoms with Gasteiger partial charge in [-0.3, -0.25) is 0 Å². The van der Waals surface area contributed by atoms with Gasteiger partial charge in [-0.05, 0) is 37.5 Å². The molecule has 0 heterocycles. The Bertz CT molecular complexity index is 123. The van der Waals surface area contributed by atoms with Crippen molar-refractivity contribution < 1.29 is 9.47 Å². The summed E-state index contributed by atoms with van der Waals surface area (Å²) < 4.78 is 10.6. The molecule has 0 unspecified atom stereocenters. The van der Waals surface area contributed by atoms with Crippen LogP contribution in [0.3, 0.4) is 0 Å². The summed E-state index contributed by atoms with van der Waals surface area (Å²) in [5.74, 6) is 1.62. The first-order valence-electron chi connectivity index (χ1n) is 5.50. The highest BCUT2D eigenvalue weighted by atomic mass is 16.7. The number of hydrogen-bond donors (Lipinski definition) is 0. The first-order chi connectivity index (χ1) is 6.45. The zero-order valence-electron chi connectivity index (χ0n) is 8.21. The Labute approximate surface area is 80.6 Å². The van der Waals surface area contributed by atoms with Crippen LogP contribution in [-0.2, 0) is 9.47 Å². The number of rotatable bonds is 6. The lowest BCUT2D eigenvalue weighted by Crippen LogP contribution is -2.19. The minimum absolute atomic E-state index is 0.809. The van der Waals surface area contributed by atoms with Gasteiger partial charge in [0, 0.05) is 0 Å². The Balaban J connectivity index is 1.36. The largest absolute Gasteiger partial charge is 0.348 e. The maximum atomic E-state index is 5.31. The summed E-state index contributed by atoms with van der Waals surface area (Å²) in [6.45, 7) is 3.28. The van der Waals surface area contributed by atoms with Gasteiger partial charge in [0.05, 0.1) is 13.2 Å². The average Bonchev–Trinajstić information content (AvgIpc) is 1.96. The third-order valence-corrected chi connectivity index (χ3v) is 3.25. The Morgan fingerprint density at radius 2 is 1.31 bits per heavy atom. The quantitative estimate of drug-likeness (QED) is 0.589. The lowest BCUT2D eigenvalue weighted by Gasteiger charge is -2.26. The van der Waals surface area contributed by atoms with Crippen molar-refractivity contribution in [1.29, 1.82) is 0 Å². The van der Waals surface area contributed by atoms with Gasteiger partial charge in [-0.25, -0.2) is 0 Å². The molecule has 2 fully saturated rings. The van der Waals surface area contributed by atoms with Crippen LogP contribution in [0.25, 0.3) is 0 Å². The van der Waals surface area contributed by atoms with Gasteiger partial charge in [-0.2, -0.15) is 0 Å². The molecule has 0 atom stereocenters. The monoisotopic (exact) mass is 183 g/mol. The summed E-state index contributed by atoms with van der Waals surface area (Å²) in [7, 11) is 0. The number of ether oxygens (including phenoxy) is 2. The van der Waals surface area contributed by atoms with E-state index >= 15 is 0 Å². The minimum atomic E-state index is 0.809. The van der Waals surface area contributed by atoms with Crippen LogP contribution in [0.4, 0.5) is 0 Å². The number of hydrogen-bond acceptors (Lipinski definition) is 2. The molecule has 2 nitrogen and oxygen atoms in total. The molecule has 1 radical (unpaired) electrons. The van der Waals surface area contributed by atoms with Crippen LogP contribution < -0.4 is 0 Å². The summed E-state index contributed by atoms with van der Waals surface area (Å²) >= 11 is 0. The Hall–Kier alpha value is -0.0800. The molecule has 2 saturated carbocycles. The summed E-state index contributed by atoms with van der Waals surface area (Å²) in [6, 6.07) is 0. The van der Waals surface area contributed by atoms with Gasteiger partial charge in [-0.15, -0.1) is 0 Å². The molecule has 2 rings (SSSR count). The molecule has 75 valence electrons. The molecular weight excluding hydrogens is 164 g/mol. The third kappa shape index (κ3) is 2.96. The van der Waals surface area contributed by atoms with E-state index in [0.29, 0.717) is 0 Å². The van der Waals surface area contributed by atoms with Crippen LogP contribution in [0.2, 0.25) is 0 Å². The summed E-state index contributed by atoms with van der Waals surface area (Å²) in [4.78, 5) is 0. The van der Waals surface area contributed by atoms with Gasteiger partial charge in [0.1, 0.15) is 0 Å². The first-order valence-corrected chi connectivity index (χ1v) is 5.50. The summed E-state index contributed by atoms with van der Waals surface area (Å²) in [6.07, 6.45) is 8.15. The van der Waals surface area contributed by atoms with Gasteiger partial charge >= 0.3 is 0 Å². The van der Waals surface area contributed by atoms with Crippen LogP contribution >= 0.6 is 0 Å².